The minimum absolute atomic E-state index is 0. The first kappa shape index (κ1) is 12.6. The Morgan fingerprint density at radius 2 is 1.77 bits per heavy atom. The van der Waals surface area contributed by atoms with Crippen molar-refractivity contribution in [3.63, 3.8) is 0 Å². The van der Waals surface area contributed by atoms with Crippen molar-refractivity contribution >= 4 is 10.1 Å². The van der Waals surface area contributed by atoms with E-state index in [0.29, 0.717) is 0 Å². The Kier molecular flexibility index (Phi) is 5.25. The second-order valence-electron chi connectivity index (χ2n) is 2.17. The van der Waals surface area contributed by atoms with Crippen LogP contribution in [0.1, 0.15) is 6.92 Å². The molecule has 0 aromatic heterocycles. The molecule has 0 aliphatic heterocycles. The first-order valence-corrected chi connectivity index (χ1v) is 5.02. The molecule has 0 amide bonds. The predicted octanol–water partition coefficient (Wildman–Crippen LogP) is 1.41. The monoisotopic (exact) mass is 242 g/mol. The molecule has 0 aliphatic rings. The SMILES string of the molecule is CCOS(=O)(=O)c1ccccc1.[Fe]. The van der Waals surface area contributed by atoms with Crippen LogP contribution in [0.15, 0.2) is 35.2 Å². The van der Waals surface area contributed by atoms with Crippen molar-refractivity contribution in [3.8, 4) is 0 Å². The largest absolute Gasteiger partial charge is 0.296 e. The van der Waals surface area contributed by atoms with Gasteiger partial charge in [0.15, 0.2) is 0 Å². The molecule has 13 heavy (non-hydrogen) atoms. The molecule has 0 bridgehead atoms. The smallest absolute Gasteiger partial charge is 0.267 e. The molecule has 0 radical (unpaired) electrons. The fourth-order valence-electron chi connectivity index (χ4n) is 0.810. The van der Waals surface area contributed by atoms with E-state index < -0.39 is 10.1 Å². The quantitative estimate of drug-likeness (QED) is 0.594. The van der Waals surface area contributed by atoms with Crippen molar-refractivity contribution in [2.75, 3.05) is 6.61 Å². The van der Waals surface area contributed by atoms with Gasteiger partial charge in [-0.15, -0.1) is 0 Å². The van der Waals surface area contributed by atoms with Crippen LogP contribution in [0, 0.1) is 0 Å². The van der Waals surface area contributed by atoms with Crippen LogP contribution in [0.4, 0.5) is 0 Å². The summed E-state index contributed by atoms with van der Waals surface area (Å²) in [5.41, 5.74) is 0. The molecule has 0 unspecified atom stereocenters. The molecule has 74 valence electrons. The Bertz CT molecular complexity index is 334. The Morgan fingerprint density at radius 3 is 2.23 bits per heavy atom. The third-order valence-corrected chi connectivity index (χ3v) is 2.70. The topological polar surface area (TPSA) is 43.4 Å². The average molecular weight is 242 g/mol. The standard InChI is InChI=1S/C8H10O3S.Fe/c1-2-11-12(9,10)8-6-4-3-5-7-8;/h3-7H,2H2,1H3;. The van der Waals surface area contributed by atoms with Gasteiger partial charge in [0.2, 0.25) is 0 Å². The van der Waals surface area contributed by atoms with E-state index in [1.54, 1.807) is 25.1 Å². The molecule has 0 heterocycles. The van der Waals surface area contributed by atoms with E-state index in [1.165, 1.54) is 12.1 Å². The zero-order valence-corrected chi connectivity index (χ0v) is 9.00. The van der Waals surface area contributed by atoms with Gasteiger partial charge in [-0.1, -0.05) is 18.2 Å². The molecular formula is C8H10FeO3S. The van der Waals surface area contributed by atoms with Gasteiger partial charge in [-0.25, -0.2) is 0 Å². The molecule has 1 aromatic rings. The zero-order valence-electron chi connectivity index (χ0n) is 7.08. The van der Waals surface area contributed by atoms with Crippen molar-refractivity contribution in [2.24, 2.45) is 0 Å². The van der Waals surface area contributed by atoms with Crippen LogP contribution in [-0.2, 0) is 31.4 Å². The summed E-state index contributed by atoms with van der Waals surface area (Å²) in [7, 11) is -3.51. The van der Waals surface area contributed by atoms with Crippen LogP contribution in [0.25, 0.3) is 0 Å². The van der Waals surface area contributed by atoms with E-state index in [4.69, 9.17) is 0 Å². The summed E-state index contributed by atoms with van der Waals surface area (Å²) >= 11 is 0. The van der Waals surface area contributed by atoms with Crippen LogP contribution in [0.3, 0.4) is 0 Å². The molecule has 0 spiro atoms. The van der Waals surface area contributed by atoms with E-state index in [-0.39, 0.29) is 28.6 Å². The third-order valence-electron chi connectivity index (χ3n) is 1.30. The van der Waals surface area contributed by atoms with Gasteiger partial charge in [0.1, 0.15) is 0 Å². The fraction of sp³-hybridized carbons (Fsp3) is 0.250. The summed E-state index contributed by atoms with van der Waals surface area (Å²) in [5, 5.41) is 0. The molecule has 1 aromatic carbocycles. The minimum atomic E-state index is -3.51. The van der Waals surface area contributed by atoms with Crippen LogP contribution in [-0.4, -0.2) is 15.0 Å². The summed E-state index contributed by atoms with van der Waals surface area (Å²) < 4.78 is 27.0. The van der Waals surface area contributed by atoms with E-state index in [2.05, 4.69) is 4.18 Å². The van der Waals surface area contributed by atoms with Crippen molar-refractivity contribution in [1.82, 2.24) is 0 Å². The van der Waals surface area contributed by atoms with Gasteiger partial charge in [-0.3, -0.25) is 4.18 Å². The fourth-order valence-corrected chi connectivity index (χ4v) is 1.75. The minimum Gasteiger partial charge on any atom is -0.267 e. The van der Waals surface area contributed by atoms with E-state index >= 15 is 0 Å². The first-order valence-electron chi connectivity index (χ1n) is 3.61. The molecule has 0 saturated carbocycles. The van der Waals surface area contributed by atoms with Gasteiger partial charge in [0, 0.05) is 17.1 Å². The summed E-state index contributed by atoms with van der Waals surface area (Å²) in [6, 6.07) is 8.08. The number of benzene rings is 1. The molecule has 3 nitrogen and oxygen atoms in total. The van der Waals surface area contributed by atoms with Gasteiger partial charge in [-0.2, -0.15) is 8.42 Å². The van der Waals surface area contributed by atoms with Crippen molar-refractivity contribution in [2.45, 2.75) is 11.8 Å². The van der Waals surface area contributed by atoms with Gasteiger partial charge >= 0.3 is 0 Å². The van der Waals surface area contributed by atoms with E-state index in [0.717, 1.165) is 0 Å². The van der Waals surface area contributed by atoms with Crippen LogP contribution in [0.5, 0.6) is 0 Å². The Morgan fingerprint density at radius 1 is 1.23 bits per heavy atom. The van der Waals surface area contributed by atoms with Crippen LogP contribution < -0.4 is 0 Å². The Hall–Kier alpha value is -0.351. The molecule has 0 N–H and O–H groups in total. The second-order valence-corrected chi connectivity index (χ2v) is 3.79. The molecule has 0 fully saturated rings. The maximum Gasteiger partial charge on any atom is 0.296 e. The zero-order chi connectivity index (χ0) is 9.03. The molecule has 0 aliphatic carbocycles. The summed E-state index contributed by atoms with van der Waals surface area (Å²) in [6.45, 7) is 1.80. The molecule has 1 rings (SSSR count). The van der Waals surface area contributed by atoms with Crippen LogP contribution in [0.2, 0.25) is 0 Å². The van der Waals surface area contributed by atoms with Crippen molar-refractivity contribution < 1.29 is 29.7 Å². The predicted molar refractivity (Wildman–Crippen MR) is 45.3 cm³/mol. The summed E-state index contributed by atoms with van der Waals surface area (Å²) in [4.78, 5) is 0.201. The summed E-state index contributed by atoms with van der Waals surface area (Å²) in [6.07, 6.45) is 0. The normalized spacial score (nSPS) is 10.5. The van der Waals surface area contributed by atoms with Crippen LogP contribution >= 0.6 is 0 Å². The second kappa shape index (κ2) is 5.39. The van der Waals surface area contributed by atoms with Crippen molar-refractivity contribution in [3.05, 3.63) is 30.3 Å². The maximum atomic E-state index is 11.2. The number of hydrogen-bond donors (Lipinski definition) is 0. The van der Waals surface area contributed by atoms with Crippen molar-refractivity contribution in [1.29, 1.82) is 0 Å². The van der Waals surface area contributed by atoms with Gasteiger partial charge < -0.3 is 0 Å². The van der Waals surface area contributed by atoms with Gasteiger partial charge in [0.25, 0.3) is 10.1 Å². The van der Waals surface area contributed by atoms with Gasteiger partial charge in [-0.05, 0) is 19.1 Å². The molecular weight excluding hydrogens is 232 g/mol. The molecule has 0 saturated heterocycles. The number of rotatable bonds is 3. The summed E-state index contributed by atoms with van der Waals surface area (Å²) in [5.74, 6) is 0. The number of hydrogen-bond acceptors (Lipinski definition) is 3. The van der Waals surface area contributed by atoms with E-state index in [1.807, 2.05) is 0 Å². The maximum absolute atomic E-state index is 11.2. The third kappa shape index (κ3) is 3.48. The Balaban J connectivity index is 0.00000144. The molecule has 5 heteroatoms. The van der Waals surface area contributed by atoms with E-state index in [9.17, 15) is 8.42 Å². The first-order chi connectivity index (χ1) is 5.67. The molecule has 0 atom stereocenters. The Labute approximate surface area is 88.7 Å². The average Bonchev–Trinajstić information content (AvgIpc) is 2.06. The van der Waals surface area contributed by atoms with Gasteiger partial charge in [0.05, 0.1) is 11.5 Å².